The fourth-order valence-corrected chi connectivity index (χ4v) is 1.94. The fraction of sp³-hybridized carbons (Fsp3) is 0.0625. The molecule has 0 spiro atoms. The van der Waals surface area contributed by atoms with E-state index < -0.39 is 17.8 Å². The maximum absolute atomic E-state index is 14.3. The minimum atomic E-state index is -1.15. The minimum Gasteiger partial charge on any atom is -0.407 e. The molecule has 0 saturated heterocycles. The van der Waals surface area contributed by atoms with Gasteiger partial charge in [0.25, 0.3) is 5.91 Å². The van der Waals surface area contributed by atoms with Gasteiger partial charge in [0, 0.05) is 12.6 Å². The number of benzene rings is 2. The van der Waals surface area contributed by atoms with Gasteiger partial charge in [-0.2, -0.15) is 5.26 Å². The number of anilines is 1. The van der Waals surface area contributed by atoms with E-state index in [2.05, 4.69) is 4.74 Å². The molecular formula is C16H12FN3O3. The Balaban J connectivity index is 2.32. The lowest BCUT2D eigenvalue weighted by molar-refractivity contribution is 0.0992. The van der Waals surface area contributed by atoms with E-state index in [0.717, 1.165) is 4.90 Å². The van der Waals surface area contributed by atoms with Crippen molar-refractivity contribution in [2.45, 2.75) is 0 Å². The van der Waals surface area contributed by atoms with E-state index in [1.807, 2.05) is 6.07 Å². The van der Waals surface area contributed by atoms with Gasteiger partial charge in [-0.05, 0) is 36.4 Å². The second-order valence-corrected chi connectivity index (χ2v) is 4.56. The number of ether oxygens (including phenoxy) is 1. The summed E-state index contributed by atoms with van der Waals surface area (Å²) in [5, 5.41) is 8.75. The Kier molecular flexibility index (Phi) is 4.57. The third kappa shape index (κ3) is 3.44. The van der Waals surface area contributed by atoms with Crippen LogP contribution >= 0.6 is 0 Å². The molecule has 2 rings (SSSR count). The van der Waals surface area contributed by atoms with E-state index in [-0.39, 0.29) is 17.0 Å². The number of nitrogens with zero attached hydrogens (tertiary/aromatic N) is 2. The molecule has 116 valence electrons. The lowest BCUT2D eigenvalue weighted by Gasteiger charge is -2.19. The van der Waals surface area contributed by atoms with E-state index in [4.69, 9.17) is 11.0 Å². The van der Waals surface area contributed by atoms with Crippen LogP contribution < -0.4 is 15.4 Å². The van der Waals surface area contributed by atoms with Gasteiger partial charge in [-0.3, -0.25) is 4.79 Å². The van der Waals surface area contributed by atoms with Crippen molar-refractivity contribution in [1.29, 1.82) is 5.26 Å². The first-order valence-electron chi connectivity index (χ1n) is 6.48. The SMILES string of the molecule is CN(C(=O)c1ccc(C#N)cc1)c1cccc(OC(N)=O)c1F. The molecule has 0 aliphatic carbocycles. The molecule has 6 nitrogen and oxygen atoms in total. The van der Waals surface area contributed by atoms with Crippen LogP contribution in [0.15, 0.2) is 42.5 Å². The number of carbonyl (C=O) groups is 2. The Morgan fingerprint density at radius 3 is 2.43 bits per heavy atom. The van der Waals surface area contributed by atoms with Crippen LogP contribution in [0.25, 0.3) is 0 Å². The van der Waals surface area contributed by atoms with E-state index >= 15 is 0 Å². The van der Waals surface area contributed by atoms with Gasteiger partial charge in [0.15, 0.2) is 11.6 Å². The molecule has 0 saturated carbocycles. The number of nitriles is 1. The van der Waals surface area contributed by atoms with Gasteiger partial charge in [0.1, 0.15) is 0 Å². The van der Waals surface area contributed by atoms with Gasteiger partial charge in [-0.1, -0.05) is 6.07 Å². The summed E-state index contributed by atoms with van der Waals surface area (Å²) < 4.78 is 18.8. The highest BCUT2D eigenvalue weighted by molar-refractivity contribution is 6.06. The molecule has 2 amide bonds. The molecular weight excluding hydrogens is 301 g/mol. The van der Waals surface area contributed by atoms with Crippen LogP contribution in [0.4, 0.5) is 14.9 Å². The van der Waals surface area contributed by atoms with Crippen molar-refractivity contribution in [2.24, 2.45) is 5.73 Å². The molecule has 0 unspecified atom stereocenters. The number of primary amides is 1. The first kappa shape index (κ1) is 16.0. The summed E-state index contributed by atoms with van der Waals surface area (Å²) in [4.78, 5) is 24.2. The van der Waals surface area contributed by atoms with Crippen LogP contribution in [0, 0.1) is 17.1 Å². The van der Waals surface area contributed by atoms with Crippen molar-refractivity contribution in [3.05, 3.63) is 59.4 Å². The Morgan fingerprint density at radius 2 is 1.87 bits per heavy atom. The first-order chi connectivity index (χ1) is 10.9. The molecule has 7 heteroatoms. The summed E-state index contributed by atoms with van der Waals surface area (Å²) in [5.41, 5.74) is 5.49. The second kappa shape index (κ2) is 6.58. The molecule has 0 aromatic heterocycles. The van der Waals surface area contributed by atoms with Gasteiger partial charge >= 0.3 is 6.09 Å². The second-order valence-electron chi connectivity index (χ2n) is 4.56. The summed E-state index contributed by atoms with van der Waals surface area (Å²) in [6.45, 7) is 0. The minimum absolute atomic E-state index is 0.0712. The van der Waals surface area contributed by atoms with E-state index in [1.54, 1.807) is 0 Å². The third-order valence-corrected chi connectivity index (χ3v) is 3.08. The van der Waals surface area contributed by atoms with Crippen LogP contribution in [0.3, 0.4) is 0 Å². The van der Waals surface area contributed by atoms with Gasteiger partial charge in [-0.15, -0.1) is 0 Å². The maximum atomic E-state index is 14.3. The Hall–Kier alpha value is -3.40. The maximum Gasteiger partial charge on any atom is 0.410 e. The molecule has 0 aliphatic heterocycles. The van der Waals surface area contributed by atoms with E-state index in [9.17, 15) is 14.0 Å². The lowest BCUT2D eigenvalue weighted by Crippen LogP contribution is -2.27. The fourth-order valence-electron chi connectivity index (χ4n) is 1.94. The number of hydrogen-bond donors (Lipinski definition) is 1. The number of halogens is 1. The summed E-state index contributed by atoms with van der Waals surface area (Å²) in [6.07, 6.45) is -1.15. The average Bonchev–Trinajstić information content (AvgIpc) is 2.55. The Morgan fingerprint density at radius 1 is 1.22 bits per heavy atom. The molecule has 23 heavy (non-hydrogen) atoms. The number of amides is 2. The van der Waals surface area contributed by atoms with Gasteiger partial charge in [-0.25, -0.2) is 9.18 Å². The predicted octanol–water partition coefficient (Wildman–Crippen LogP) is 2.43. The Labute approximate surface area is 131 Å². The van der Waals surface area contributed by atoms with Crippen LogP contribution in [0.2, 0.25) is 0 Å². The van der Waals surface area contributed by atoms with Crippen molar-refractivity contribution in [1.82, 2.24) is 0 Å². The van der Waals surface area contributed by atoms with Gasteiger partial charge in [0.2, 0.25) is 0 Å². The Bertz CT molecular complexity index is 797. The summed E-state index contributed by atoms with van der Waals surface area (Å²) in [7, 11) is 1.38. The lowest BCUT2D eigenvalue weighted by atomic mass is 10.1. The third-order valence-electron chi connectivity index (χ3n) is 3.08. The molecule has 0 fully saturated rings. The molecule has 0 atom stereocenters. The zero-order chi connectivity index (χ0) is 17.0. The molecule has 0 bridgehead atoms. The summed E-state index contributed by atoms with van der Waals surface area (Å²) in [5.74, 6) is -1.73. The van der Waals surface area contributed by atoms with Crippen molar-refractivity contribution in [3.8, 4) is 11.8 Å². The molecule has 2 N–H and O–H groups in total. The molecule has 2 aromatic rings. The first-order valence-corrected chi connectivity index (χ1v) is 6.48. The van der Waals surface area contributed by atoms with Crippen LogP contribution in [-0.2, 0) is 0 Å². The van der Waals surface area contributed by atoms with Crippen molar-refractivity contribution in [3.63, 3.8) is 0 Å². The summed E-state index contributed by atoms with van der Waals surface area (Å²) in [6, 6.07) is 11.9. The van der Waals surface area contributed by atoms with Crippen molar-refractivity contribution >= 4 is 17.7 Å². The largest absolute Gasteiger partial charge is 0.410 e. The standard InChI is InChI=1S/C16H12FN3O3/c1-20(15(21)11-7-5-10(9-18)6-8-11)12-3-2-4-13(14(12)17)23-16(19)22/h2-8H,1H3,(H2,19,22). The zero-order valence-electron chi connectivity index (χ0n) is 12.1. The normalized spacial score (nSPS) is 9.78. The molecule has 0 heterocycles. The average molecular weight is 313 g/mol. The highest BCUT2D eigenvalue weighted by Gasteiger charge is 2.20. The summed E-state index contributed by atoms with van der Waals surface area (Å²) >= 11 is 0. The number of carbonyl (C=O) groups excluding carboxylic acids is 2. The van der Waals surface area contributed by atoms with Crippen LogP contribution in [0.5, 0.6) is 5.75 Å². The van der Waals surface area contributed by atoms with Crippen molar-refractivity contribution in [2.75, 3.05) is 11.9 Å². The highest BCUT2D eigenvalue weighted by atomic mass is 19.1. The smallest absolute Gasteiger partial charge is 0.407 e. The molecule has 0 aliphatic rings. The number of hydrogen-bond acceptors (Lipinski definition) is 4. The predicted molar refractivity (Wildman–Crippen MR) is 80.5 cm³/mol. The topological polar surface area (TPSA) is 96.4 Å². The quantitative estimate of drug-likeness (QED) is 0.941. The van der Waals surface area contributed by atoms with Crippen LogP contribution in [0.1, 0.15) is 15.9 Å². The molecule has 0 radical (unpaired) electrons. The van der Waals surface area contributed by atoms with Crippen molar-refractivity contribution < 1.29 is 18.7 Å². The molecule has 2 aromatic carbocycles. The zero-order valence-corrected chi connectivity index (χ0v) is 12.1. The van der Waals surface area contributed by atoms with Gasteiger partial charge < -0.3 is 15.4 Å². The number of rotatable bonds is 3. The van der Waals surface area contributed by atoms with Gasteiger partial charge in [0.05, 0.1) is 17.3 Å². The van der Waals surface area contributed by atoms with E-state index in [1.165, 1.54) is 49.5 Å². The monoisotopic (exact) mass is 313 g/mol. The number of nitrogens with two attached hydrogens (primary N) is 1. The van der Waals surface area contributed by atoms with Crippen LogP contribution in [-0.4, -0.2) is 19.0 Å². The highest BCUT2D eigenvalue weighted by Crippen LogP contribution is 2.27. The van der Waals surface area contributed by atoms with E-state index in [0.29, 0.717) is 5.56 Å².